The van der Waals surface area contributed by atoms with Crippen molar-refractivity contribution in [3.05, 3.63) is 22.2 Å². The molecule has 2 aliphatic rings. The second kappa shape index (κ2) is 4.47. The average Bonchev–Trinajstić information content (AvgIpc) is 2.79. The lowest BCUT2D eigenvalue weighted by molar-refractivity contribution is 0.173. The smallest absolute Gasteiger partial charge is 0.231 e. The zero-order chi connectivity index (χ0) is 11.0. The van der Waals surface area contributed by atoms with Crippen LogP contribution in [-0.4, -0.2) is 19.1 Å². The van der Waals surface area contributed by atoms with Crippen LogP contribution in [0.5, 0.6) is 11.5 Å². The molecule has 0 amide bonds. The molecule has 1 atom stereocenters. The van der Waals surface area contributed by atoms with Crippen LogP contribution < -0.4 is 14.8 Å². The molecule has 0 spiro atoms. The van der Waals surface area contributed by atoms with Gasteiger partial charge in [-0.15, -0.1) is 11.8 Å². The molecular formula is C11H12BrNO2S. The lowest BCUT2D eigenvalue weighted by atomic mass is 10.2. The van der Waals surface area contributed by atoms with Crippen molar-refractivity contribution in [2.45, 2.75) is 11.8 Å². The molecule has 3 nitrogen and oxygen atoms in total. The summed E-state index contributed by atoms with van der Waals surface area (Å²) in [6.45, 7) is 1.41. The molecule has 1 aromatic carbocycles. The van der Waals surface area contributed by atoms with E-state index in [4.69, 9.17) is 9.47 Å². The first-order valence-electron chi connectivity index (χ1n) is 5.28. The summed E-state index contributed by atoms with van der Waals surface area (Å²) in [5.41, 5.74) is 1.25. The van der Waals surface area contributed by atoms with Gasteiger partial charge in [-0.2, -0.15) is 0 Å². The van der Waals surface area contributed by atoms with E-state index in [1.807, 2.05) is 11.8 Å². The molecule has 2 heterocycles. The number of ether oxygens (including phenoxy) is 2. The molecule has 5 heteroatoms. The fraction of sp³-hybridized carbons (Fsp3) is 0.455. The van der Waals surface area contributed by atoms with Crippen molar-refractivity contribution in [3.8, 4) is 11.5 Å². The van der Waals surface area contributed by atoms with E-state index >= 15 is 0 Å². The maximum atomic E-state index is 5.42. The number of benzene rings is 1. The van der Waals surface area contributed by atoms with Gasteiger partial charge in [0.1, 0.15) is 0 Å². The van der Waals surface area contributed by atoms with Crippen LogP contribution in [0.1, 0.15) is 17.4 Å². The summed E-state index contributed by atoms with van der Waals surface area (Å²) >= 11 is 5.46. The van der Waals surface area contributed by atoms with Crippen molar-refractivity contribution in [2.24, 2.45) is 0 Å². The van der Waals surface area contributed by atoms with E-state index in [1.54, 1.807) is 0 Å². The minimum atomic E-state index is 0.322. The molecule has 0 aliphatic carbocycles. The van der Waals surface area contributed by atoms with Gasteiger partial charge in [0.25, 0.3) is 0 Å². The summed E-state index contributed by atoms with van der Waals surface area (Å²) in [6.07, 6.45) is 1.24. The highest BCUT2D eigenvalue weighted by Crippen LogP contribution is 2.43. The lowest BCUT2D eigenvalue weighted by Gasteiger charge is -2.23. The van der Waals surface area contributed by atoms with E-state index in [0.29, 0.717) is 12.2 Å². The van der Waals surface area contributed by atoms with Crippen molar-refractivity contribution in [3.63, 3.8) is 0 Å². The Labute approximate surface area is 107 Å². The number of nitrogens with one attached hydrogen (secondary N) is 1. The van der Waals surface area contributed by atoms with E-state index in [9.17, 15) is 0 Å². The normalized spacial score (nSPS) is 23.4. The van der Waals surface area contributed by atoms with Crippen molar-refractivity contribution in [1.29, 1.82) is 0 Å². The van der Waals surface area contributed by atoms with Crippen LogP contribution in [0.15, 0.2) is 16.6 Å². The summed E-state index contributed by atoms with van der Waals surface area (Å²) in [5.74, 6) is 2.88. The van der Waals surface area contributed by atoms with Gasteiger partial charge in [-0.3, -0.25) is 0 Å². The first kappa shape index (κ1) is 10.7. The molecule has 1 aromatic rings. The SMILES string of the molecule is Brc1cc(C2NCCCS2)cc2c1OCO2. The summed E-state index contributed by atoms with van der Waals surface area (Å²) in [5, 5.41) is 3.87. The van der Waals surface area contributed by atoms with E-state index in [0.717, 1.165) is 22.5 Å². The van der Waals surface area contributed by atoms with Crippen LogP contribution >= 0.6 is 27.7 Å². The first-order valence-corrected chi connectivity index (χ1v) is 7.13. The number of rotatable bonds is 1. The monoisotopic (exact) mass is 301 g/mol. The van der Waals surface area contributed by atoms with Crippen molar-refractivity contribution in [1.82, 2.24) is 5.32 Å². The largest absolute Gasteiger partial charge is 0.454 e. The molecule has 2 aliphatic heterocycles. The predicted molar refractivity (Wildman–Crippen MR) is 68.1 cm³/mol. The fourth-order valence-corrected chi connectivity index (χ4v) is 3.60. The summed E-state index contributed by atoms with van der Waals surface area (Å²) < 4.78 is 11.8. The maximum Gasteiger partial charge on any atom is 0.231 e. The predicted octanol–water partition coefficient (Wildman–Crippen LogP) is 2.90. The van der Waals surface area contributed by atoms with Gasteiger partial charge in [0.05, 0.1) is 9.85 Å². The van der Waals surface area contributed by atoms with Crippen LogP contribution in [0.2, 0.25) is 0 Å². The second-order valence-corrected chi connectivity index (χ2v) is 5.86. The number of halogens is 1. The average molecular weight is 302 g/mol. The molecule has 86 valence electrons. The van der Waals surface area contributed by atoms with E-state index in [2.05, 4.69) is 33.4 Å². The van der Waals surface area contributed by atoms with Crippen LogP contribution in [0, 0.1) is 0 Å². The third kappa shape index (κ3) is 1.92. The highest BCUT2D eigenvalue weighted by atomic mass is 79.9. The summed E-state index contributed by atoms with van der Waals surface area (Å²) in [7, 11) is 0. The van der Waals surface area contributed by atoms with E-state index in [1.165, 1.54) is 17.7 Å². The van der Waals surface area contributed by atoms with Crippen molar-refractivity contribution < 1.29 is 9.47 Å². The van der Waals surface area contributed by atoms with Crippen LogP contribution in [0.3, 0.4) is 0 Å². The Kier molecular flexibility index (Phi) is 3.00. The number of hydrogen-bond acceptors (Lipinski definition) is 4. The Bertz CT molecular complexity index is 407. The minimum absolute atomic E-state index is 0.322. The van der Waals surface area contributed by atoms with Gasteiger partial charge in [0.2, 0.25) is 6.79 Å². The summed E-state index contributed by atoms with van der Waals surface area (Å²) in [6, 6.07) is 4.19. The van der Waals surface area contributed by atoms with Gasteiger partial charge in [-0.25, -0.2) is 0 Å². The maximum absolute atomic E-state index is 5.42. The number of fused-ring (bicyclic) bond motifs is 1. The molecular weight excluding hydrogens is 290 g/mol. The molecule has 1 N–H and O–H groups in total. The van der Waals surface area contributed by atoms with Crippen molar-refractivity contribution in [2.75, 3.05) is 19.1 Å². The van der Waals surface area contributed by atoms with Gasteiger partial charge in [0.15, 0.2) is 11.5 Å². The lowest BCUT2D eigenvalue weighted by Crippen LogP contribution is -2.25. The molecule has 0 saturated carbocycles. The zero-order valence-electron chi connectivity index (χ0n) is 8.66. The van der Waals surface area contributed by atoms with Gasteiger partial charge in [-0.1, -0.05) is 0 Å². The highest BCUT2D eigenvalue weighted by molar-refractivity contribution is 9.10. The zero-order valence-corrected chi connectivity index (χ0v) is 11.1. The molecule has 3 rings (SSSR count). The fourth-order valence-electron chi connectivity index (χ4n) is 1.92. The molecule has 16 heavy (non-hydrogen) atoms. The topological polar surface area (TPSA) is 30.5 Å². The number of thioether (sulfide) groups is 1. The third-order valence-electron chi connectivity index (χ3n) is 2.69. The highest BCUT2D eigenvalue weighted by Gasteiger charge is 2.22. The molecule has 1 fully saturated rings. The Morgan fingerprint density at radius 3 is 3.12 bits per heavy atom. The minimum Gasteiger partial charge on any atom is -0.454 e. The Morgan fingerprint density at radius 2 is 2.31 bits per heavy atom. The molecule has 0 radical (unpaired) electrons. The van der Waals surface area contributed by atoms with E-state index in [-0.39, 0.29) is 0 Å². The molecule has 0 aromatic heterocycles. The Hall–Kier alpha value is -0.390. The van der Waals surface area contributed by atoms with E-state index < -0.39 is 0 Å². The third-order valence-corrected chi connectivity index (χ3v) is 4.57. The van der Waals surface area contributed by atoms with Gasteiger partial charge in [-0.05, 0) is 52.3 Å². The quantitative estimate of drug-likeness (QED) is 0.864. The standard InChI is InChI=1S/C11H12BrNO2S/c12-8-4-7(11-13-2-1-3-16-11)5-9-10(8)15-6-14-9/h4-5,11,13H,1-3,6H2. The van der Waals surface area contributed by atoms with Crippen LogP contribution in [0.25, 0.3) is 0 Å². The van der Waals surface area contributed by atoms with Crippen LogP contribution in [0.4, 0.5) is 0 Å². The molecule has 1 saturated heterocycles. The van der Waals surface area contributed by atoms with Gasteiger partial charge < -0.3 is 14.8 Å². The van der Waals surface area contributed by atoms with Gasteiger partial charge in [0, 0.05) is 0 Å². The van der Waals surface area contributed by atoms with Gasteiger partial charge >= 0.3 is 0 Å². The first-order chi connectivity index (χ1) is 7.84. The van der Waals surface area contributed by atoms with Crippen LogP contribution in [-0.2, 0) is 0 Å². The summed E-state index contributed by atoms with van der Waals surface area (Å²) in [4.78, 5) is 0. The Balaban J connectivity index is 1.92. The van der Waals surface area contributed by atoms with Crippen molar-refractivity contribution >= 4 is 27.7 Å². The Morgan fingerprint density at radius 1 is 1.38 bits per heavy atom. The molecule has 1 unspecified atom stereocenters. The molecule has 0 bridgehead atoms. The number of hydrogen-bond donors (Lipinski definition) is 1. The second-order valence-electron chi connectivity index (χ2n) is 3.80.